The zero-order chi connectivity index (χ0) is 31.0. The molecule has 5 N–H and O–H groups in total. The first-order valence-electron chi connectivity index (χ1n) is 15.3. The molecule has 43 heavy (non-hydrogen) atoms. The minimum atomic E-state index is -0.295. The molecule has 1 aromatic heterocycles. The number of fused-ring (bicyclic) bond motifs is 2. The molecular formula is C32H47FN6O4. The number of carbonyl (C=O) groups is 1. The van der Waals surface area contributed by atoms with E-state index < -0.39 is 0 Å². The number of phenolic OH excluding ortho intramolecular Hbond substituents is 1. The van der Waals surface area contributed by atoms with Gasteiger partial charge in [0.25, 0.3) is 0 Å². The Kier molecular flexibility index (Phi) is 14.4. The average Bonchev–Trinajstić information content (AvgIpc) is 3.65. The van der Waals surface area contributed by atoms with Crippen molar-refractivity contribution in [3.8, 4) is 11.5 Å². The molecule has 0 spiro atoms. The number of nitrogens with one attached hydrogen (secondary N) is 3. The standard InChI is InChI=1S/C24H27FN4O3.C7H15N.CH5NO/c1-15-11-16-18(28-15)7-8-19(23(16)25)29-24-17-12-22(21(31)13-20(17)26-14-27-24)32-10-6-4-2-3-5-9-30;1-2-5-8-6-3-4-7-8;1-2-3/h7-9,12-15,28,31H,2-6,10-11H2,1H3,(H,26,27,29);2-7H2,1H3;2-3H,1H3. The monoisotopic (exact) mass is 598 g/mol. The van der Waals surface area contributed by atoms with Crippen LogP contribution < -0.4 is 20.9 Å². The van der Waals surface area contributed by atoms with Crippen LogP contribution in [0.4, 0.5) is 21.6 Å². The van der Waals surface area contributed by atoms with Crippen molar-refractivity contribution in [1.82, 2.24) is 20.3 Å². The molecule has 11 heteroatoms. The lowest BCUT2D eigenvalue weighted by molar-refractivity contribution is -0.107. The van der Waals surface area contributed by atoms with Crippen LogP contribution in [0.1, 0.15) is 70.8 Å². The van der Waals surface area contributed by atoms with E-state index in [1.165, 1.54) is 58.3 Å². The summed E-state index contributed by atoms with van der Waals surface area (Å²) in [6, 6.07) is 6.95. The largest absolute Gasteiger partial charge is 0.504 e. The predicted molar refractivity (Wildman–Crippen MR) is 169 cm³/mol. The lowest BCUT2D eigenvalue weighted by Crippen LogP contribution is -2.19. The first kappa shape index (κ1) is 34.0. The van der Waals surface area contributed by atoms with Crippen LogP contribution in [0.3, 0.4) is 0 Å². The number of nitrogens with zero attached hydrogens (tertiary/aromatic N) is 3. The van der Waals surface area contributed by atoms with Crippen LogP contribution in [-0.2, 0) is 11.2 Å². The first-order chi connectivity index (χ1) is 20.9. The number of anilines is 3. The molecular weight excluding hydrogens is 551 g/mol. The number of phenols is 1. The number of hydroxylamine groups is 1. The number of hydrogen-bond donors (Lipinski definition) is 5. The van der Waals surface area contributed by atoms with E-state index in [2.05, 4.69) is 32.4 Å². The van der Waals surface area contributed by atoms with Gasteiger partial charge in [-0.2, -0.15) is 0 Å². The van der Waals surface area contributed by atoms with E-state index in [-0.39, 0.29) is 17.6 Å². The summed E-state index contributed by atoms with van der Waals surface area (Å²) in [6.45, 7) is 8.74. The number of aromatic hydroxyl groups is 1. The number of aldehydes is 1. The van der Waals surface area contributed by atoms with Gasteiger partial charge >= 0.3 is 0 Å². The fourth-order valence-electron chi connectivity index (χ4n) is 5.28. The highest BCUT2D eigenvalue weighted by molar-refractivity contribution is 5.93. The molecule has 2 aliphatic rings. The SMILES string of the molecule is CC1Cc2c(ccc(Nc3ncnc4cc(O)c(OCCCCCCC=O)cc34)c2F)N1.CCCN1CCCC1.CNO. The van der Waals surface area contributed by atoms with Crippen molar-refractivity contribution in [3.63, 3.8) is 0 Å². The number of benzene rings is 2. The average molecular weight is 599 g/mol. The van der Waals surface area contributed by atoms with E-state index >= 15 is 4.39 Å². The summed E-state index contributed by atoms with van der Waals surface area (Å²) < 4.78 is 20.8. The van der Waals surface area contributed by atoms with Gasteiger partial charge in [0.15, 0.2) is 17.3 Å². The van der Waals surface area contributed by atoms with Crippen molar-refractivity contribution in [2.24, 2.45) is 0 Å². The van der Waals surface area contributed by atoms with Gasteiger partial charge in [0.2, 0.25) is 0 Å². The van der Waals surface area contributed by atoms with Gasteiger partial charge in [-0.3, -0.25) is 0 Å². The lowest BCUT2D eigenvalue weighted by atomic mass is 10.1. The number of rotatable bonds is 12. The van der Waals surface area contributed by atoms with E-state index in [1.807, 2.05) is 13.0 Å². The number of unbranched alkanes of at least 4 members (excludes halogenated alkanes) is 4. The molecule has 0 aliphatic carbocycles. The Labute approximate surface area is 254 Å². The molecule has 0 saturated carbocycles. The third-order valence-electron chi connectivity index (χ3n) is 7.34. The van der Waals surface area contributed by atoms with Crippen LogP contribution in [0.25, 0.3) is 10.9 Å². The number of halogens is 1. The molecule has 1 unspecified atom stereocenters. The minimum Gasteiger partial charge on any atom is -0.504 e. The van der Waals surface area contributed by atoms with E-state index in [4.69, 9.17) is 9.94 Å². The number of aromatic nitrogens is 2. The summed E-state index contributed by atoms with van der Waals surface area (Å²) in [5.41, 5.74) is 4.10. The van der Waals surface area contributed by atoms with Crippen LogP contribution in [0.15, 0.2) is 30.6 Å². The molecule has 1 fully saturated rings. The number of hydrogen-bond acceptors (Lipinski definition) is 10. The summed E-state index contributed by atoms with van der Waals surface area (Å²) in [7, 11) is 1.43. The van der Waals surface area contributed by atoms with Gasteiger partial charge in [0, 0.05) is 42.2 Å². The van der Waals surface area contributed by atoms with Crippen molar-refractivity contribution >= 4 is 34.4 Å². The highest BCUT2D eigenvalue weighted by atomic mass is 19.1. The number of carbonyl (C=O) groups excluding carboxylic acids is 1. The molecule has 1 saturated heterocycles. The van der Waals surface area contributed by atoms with Crippen LogP contribution in [-0.4, -0.2) is 70.8 Å². The molecule has 5 rings (SSSR count). The number of ether oxygens (including phenoxy) is 1. The van der Waals surface area contributed by atoms with Crippen LogP contribution in [0.5, 0.6) is 11.5 Å². The summed E-state index contributed by atoms with van der Waals surface area (Å²) in [5.74, 6) is 0.463. The van der Waals surface area contributed by atoms with Gasteiger partial charge in [-0.25, -0.2) is 19.8 Å². The summed E-state index contributed by atoms with van der Waals surface area (Å²) in [5, 5.41) is 24.6. The molecule has 0 bridgehead atoms. The molecule has 236 valence electrons. The minimum absolute atomic E-state index is 0.00752. The van der Waals surface area contributed by atoms with E-state index in [9.17, 15) is 9.90 Å². The van der Waals surface area contributed by atoms with Gasteiger partial charge in [0.05, 0.1) is 17.8 Å². The Balaban J connectivity index is 0.000000389. The van der Waals surface area contributed by atoms with Crippen LogP contribution in [0, 0.1) is 5.82 Å². The lowest BCUT2D eigenvalue weighted by Gasteiger charge is -2.13. The fourth-order valence-corrected chi connectivity index (χ4v) is 5.28. The molecule has 2 aromatic carbocycles. The van der Waals surface area contributed by atoms with Gasteiger partial charge in [-0.15, -0.1) is 0 Å². The fraction of sp³-hybridized carbons (Fsp3) is 0.531. The first-order valence-corrected chi connectivity index (χ1v) is 15.3. The van der Waals surface area contributed by atoms with Crippen LogP contribution in [0.2, 0.25) is 0 Å². The summed E-state index contributed by atoms with van der Waals surface area (Å²) in [6.07, 6.45) is 11.3. The number of likely N-dealkylation sites (tertiary alicyclic amines) is 1. The molecule has 0 amide bonds. The Morgan fingerprint density at radius 1 is 1.16 bits per heavy atom. The van der Waals surface area contributed by atoms with Crippen molar-refractivity contribution in [1.29, 1.82) is 0 Å². The second kappa shape index (κ2) is 18.2. The molecule has 10 nitrogen and oxygen atoms in total. The van der Waals surface area contributed by atoms with E-state index in [1.54, 1.807) is 17.6 Å². The zero-order valence-corrected chi connectivity index (χ0v) is 25.7. The predicted octanol–water partition coefficient (Wildman–Crippen LogP) is 6.19. The van der Waals surface area contributed by atoms with E-state index in [0.717, 1.165) is 37.7 Å². The summed E-state index contributed by atoms with van der Waals surface area (Å²) in [4.78, 5) is 21.4. The third kappa shape index (κ3) is 10.3. The quantitative estimate of drug-likeness (QED) is 0.0934. The second-order valence-corrected chi connectivity index (χ2v) is 10.9. The molecule has 1 atom stereocenters. The second-order valence-electron chi connectivity index (χ2n) is 10.9. The Morgan fingerprint density at radius 2 is 1.91 bits per heavy atom. The Bertz CT molecular complexity index is 1290. The third-order valence-corrected chi connectivity index (χ3v) is 7.34. The molecule has 0 radical (unpaired) electrons. The maximum absolute atomic E-state index is 15.1. The highest BCUT2D eigenvalue weighted by Crippen LogP contribution is 2.36. The Morgan fingerprint density at radius 3 is 2.63 bits per heavy atom. The van der Waals surface area contributed by atoms with Gasteiger partial charge in [0.1, 0.15) is 18.4 Å². The van der Waals surface area contributed by atoms with Crippen molar-refractivity contribution < 1.29 is 24.2 Å². The van der Waals surface area contributed by atoms with Gasteiger partial charge < -0.3 is 35.4 Å². The van der Waals surface area contributed by atoms with E-state index in [0.29, 0.717) is 53.2 Å². The molecule has 3 aromatic rings. The van der Waals surface area contributed by atoms with Gasteiger partial charge in [-0.05, 0) is 83.3 Å². The van der Waals surface area contributed by atoms with Crippen molar-refractivity contribution in [2.75, 3.05) is 43.9 Å². The normalized spacial score (nSPS) is 15.5. The van der Waals surface area contributed by atoms with Crippen LogP contribution >= 0.6 is 0 Å². The van der Waals surface area contributed by atoms with Crippen molar-refractivity contribution in [3.05, 3.63) is 42.0 Å². The maximum Gasteiger partial charge on any atom is 0.161 e. The molecule has 2 aliphatic heterocycles. The molecule has 3 heterocycles. The smallest absolute Gasteiger partial charge is 0.161 e. The Hall–Kier alpha value is -3.54. The van der Waals surface area contributed by atoms with Crippen molar-refractivity contribution in [2.45, 2.75) is 77.7 Å². The summed E-state index contributed by atoms with van der Waals surface area (Å²) >= 11 is 0. The maximum atomic E-state index is 15.1. The highest BCUT2D eigenvalue weighted by Gasteiger charge is 2.23. The van der Waals surface area contributed by atoms with Gasteiger partial charge in [-0.1, -0.05) is 19.8 Å². The zero-order valence-electron chi connectivity index (χ0n) is 25.7. The topological polar surface area (TPSA) is 132 Å².